The van der Waals surface area contributed by atoms with Crippen molar-refractivity contribution in [3.05, 3.63) is 24.2 Å². The quantitative estimate of drug-likeness (QED) is 0.276. The average Bonchev–Trinajstić information content (AvgIpc) is 3.28. The van der Waals surface area contributed by atoms with E-state index in [1.54, 1.807) is 13.8 Å². The zero-order valence-corrected chi connectivity index (χ0v) is 23.1. The molecule has 37 heavy (non-hydrogen) atoms. The van der Waals surface area contributed by atoms with Gasteiger partial charge >= 0.3 is 6.18 Å². The highest BCUT2D eigenvalue weighted by Crippen LogP contribution is 2.36. The molecule has 0 amide bonds. The van der Waals surface area contributed by atoms with Crippen LogP contribution >= 0.6 is 11.9 Å². The molecule has 0 aliphatic carbocycles. The predicted molar refractivity (Wildman–Crippen MR) is 142 cm³/mol. The van der Waals surface area contributed by atoms with Crippen molar-refractivity contribution in [2.75, 3.05) is 43.8 Å². The second-order valence-electron chi connectivity index (χ2n) is 10.1. The van der Waals surface area contributed by atoms with Gasteiger partial charge in [0.15, 0.2) is 0 Å². The largest absolute Gasteiger partial charge is 0.419 e. The van der Waals surface area contributed by atoms with Crippen molar-refractivity contribution >= 4 is 17.9 Å². The number of nitrogens with one attached hydrogen (secondary N) is 1. The third-order valence-electron chi connectivity index (χ3n) is 6.37. The molecular formula is C25H40F3N7OS. The number of piperidine rings is 1. The van der Waals surface area contributed by atoms with E-state index in [4.69, 9.17) is 0 Å². The smallest absolute Gasteiger partial charge is 0.389 e. The molecule has 3 heterocycles. The molecule has 1 aliphatic rings. The minimum absolute atomic E-state index is 0.0991. The lowest BCUT2D eigenvalue weighted by Gasteiger charge is -2.31. The van der Waals surface area contributed by atoms with Crippen molar-refractivity contribution in [3.8, 4) is 11.3 Å². The zero-order valence-electron chi connectivity index (χ0n) is 22.3. The highest BCUT2D eigenvalue weighted by molar-refractivity contribution is 7.97. The van der Waals surface area contributed by atoms with E-state index in [1.165, 1.54) is 29.9 Å². The minimum Gasteiger partial charge on any atom is -0.389 e. The number of aliphatic hydroxyl groups is 1. The molecular weight excluding hydrogens is 503 g/mol. The van der Waals surface area contributed by atoms with Crippen LogP contribution in [0.5, 0.6) is 0 Å². The van der Waals surface area contributed by atoms with E-state index in [0.717, 1.165) is 57.5 Å². The molecule has 0 atom stereocenters. The highest BCUT2D eigenvalue weighted by atomic mass is 32.2. The van der Waals surface area contributed by atoms with Crippen molar-refractivity contribution in [2.24, 2.45) is 0 Å². The highest BCUT2D eigenvalue weighted by Gasteiger charge is 2.36. The number of hydrogen-bond acceptors (Lipinski definition) is 8. The normalized spacial score (nSPS) is 16.0. The molecule has 0 bridgehead atoms. The summed E-state index contributed by atoms with van der Waals surface area (Å²) >= 11 is 1.89. The molecule has 8 nitrogen and oxygen atoms in total. The molecule has 12 heteroatoms. The lowest BCUT2D eigenvalue weighted by molar-refractivity contribution is -0.137. The molecule has 1 fully saturated rings. The fourth-order valence-electron chi connectivity index (χ4n) is 4.33. The van der Waals surface area contributed by atoms with Crippen molar-refractivity contribution in [2.45, 2.75) is 77.7 Å². The average molecular weight is 544 g/mol. The van der Waals surface area contributed by atoms with E-state index in [9.17, 15) is 18.3 Å². The summed E-state index contributed by atoms with van der Waals surface area (Å²) in [4.78, 5) is 10.7. The molecule has 0 aromatic carbocycles. The van der Waals surface area contributed by atoms with Gasteiger partial charge < -0.3 is 15.3 Å². The number of halogens is 3. The third-order valence-corrected chi connectivity index (χ3v) is 7.58. The van der Waals surface area contributed by atoms with Gasteiger partial charge in [0.2, 0.25) is 5.95 Å². The van der Waals surface area contributed by atoms with Crippen LogP contribution < -0.4 is 5.32 Å². The number of hydrogen-bond donors (Lipinski definition) is 2. The van der Waals surface area contributed by atoms with E-state index in [1.807, 2.05) is 11.9 Å². The summed E-state index contributed by atoms with van der Waals surface area (Å²) < 4.78 is 44.9. The van der Waals surface area contributed by atoms with Crippen LogP contribution in [0.3, 0.4) is 0 Å². The Hall–Kier alpha value is -1.89. The van der Waals surface area contributed by atoms with Crippen LogP contribution in [-0.4, -0.2) is 84.2 Å². The van der Waals surface area contributed by atoms with Crippen LogP contribution in [-0.2, 0) is 12.7 Å². The first-order chi connectivity index (χ1) is 17.5. The molecule has 2 aromatic rings. The van der Waals surface area contributed by atoms with Gasteiger partial charge in [-0.15, -0.1) is 0 Å². The molecule has 2 N–H and O–H groups in total. The predicted octanol–water partition coefficient (Wildman–Crippen LogP) is 4.78. The van der Waals surface area contributed by atoms with E-state index in [-0.39, 0.29) is 29.8 Å². The van der Waals surface area contributed by atoms with Crippen LogP contribution in [0.25, 0.3) is 11.3 Å². The zero-order chi connectivity index (χ0) is 27.1. The van der Waals surface area contributed by atoms with Gasteiger partial charge in [0, 0.05) is 42.8 Å². The Morgan fingerprint density at radius 1 is 1.14 bits per heavy atom. The van der Waals surface area contributed by atoms with Gasteiger partial charge in [0.05, 0.1) is 24.0 Å². The minimum atomic E-state index is -4.60. The van der Waals surface area contributed by atoms with E-state index >= 15 is 0 Å². The number of rotatable bonds is 13. The van der Waals surface area contributed by atoms with Crippen molar-refractivity contribution in [1.82, 2.24) is 29.0 Å². The first-order valence-electron chi connectivity index (χ1n) is 13.0. The van der Waals surface area contributed by atoms with Crippen LogP contribution in [0, 0.1) is 0 Å². The van der Waals surface area contributed by atoms with Crippen LogP contribution in [0.15, 0.2) is 18.6 Å². The second-order valence-corrected chi connectivity index (χ2v) is 11.3. The monoisotopic (exact) mass is 543 g/mol. The van der Waals surface area contributed by atoms with Gasteiger partial charge in [-0.3, -0.25) is 8.99 Å². The maximum atomic E-state index is 13.7. The number of unbranched alkanes of at least 4 members (excludes halogenated alkanes) is 1. The first-order valence-corrected chi connectivity index (χ1v) is 14.0. The summed E-state index contributed by atoms with van der Waals surface area (Å²) in [5.41, 5.74) is -1.94. The molecule has 1 saturated heterocycles. The fraction of sp³-hybridized carbons (Fsp3) is 0.720. The van der Waals surface area contributed by atoms with Crippen molar-refractivity contribution < 1.29 is 18.3 Å². The maximum Gasteiger partial charge on any atom is 0.419 e. The van der Waals surface area contributed by atoms with Crippen molar-refractivity contribution in [1.29, 1.82) is 0 Å². The Morgan fingerprint density at radius 2 is 1.84 bits per heavy atom. The lowest BCUT2D eigenvalue weighted by Crippen LogP contribution is -2.36. The molecule has 3 rings (SSSR count). The molecule has 208 valence electrons. The number of nitrogens with zero attached hydrogens (tertiary/aromatic N) is 6. The molecule has 0 unspecified atom stereocenters. The maximum absolute atomic E-state index is 13.7. The van der Waals surface area contributed by atoms with Gasteiger partial charge in [-0.1, -0.05) is 25.8 Å². The summed E-state index contributed by atoms with van der Waals surface area (Å²) in [6.45, 7) is 12.9. The summed E-state index contributed by atoms with van der Waals surface area (Å²) in [6, 6.07) is 0.0991. The fourth-order valence-corrected chi connectivity index (χ4v) is 5.39. The topological polar surface area (TPSA) is 82.3 Å². The second kappa shape index (κ2) is 13.3. The van der Waals surface area contributed by atoms with E-state index in [2.05, 4.69) is 43.4 Å². The van der Waals surface area contributed by atoms with Crippen LogP contribution in [0.2, 0.25) is 0 Å². The Bertz CT molecular complexity index is 968. The number of alkyl halides is 3. The summed E-state index contributed by atoms with van der Waals surface area (Å²) in [5, 5.41) is 17.4. The van der Waals surface area contributed by atoms with Crippen LogP contribution in [0.4, 0.5) is 19.1 Å². The molecule has 0 radical (unpaired) electrons. The molecule has 2 aromatic heterocycles. The van der Waals surface area contributed by atoms with Gasteiger partial charge in [0.25, 0.3) is 0 Å². The Balaban J connectivity index is 1.56. The first kappa shape index (κ1) is 29.7. The molecule has 0 spiro atoms. The van der Waals surface area contributed by atoms with Gasteiger partial charge in [-0.05, 0) is 59.2 Å². The third kappa shape index (κ3) is 9.42. The SMILES string of the molecule is CCN(CC)CCCCSN1CCC(Nc2ncc(C(F)(F)F)c(-c3cnn(CC(C)(C)O)c3)n2)CC1. The van der Waals surface area contributed by atoms with Crippen molar-refractivity contribution in [3.63, 3.8) is 0 Å². The Morgan fingerprint density at radius 3 is 2.46 bits per heavy atom. The summed E-state index contributed by atoms with van der Waals surface area (Å²) in [7, 11) is 0. The van der Waals surface area contributed by atoms with E-state index in [0.29, 0.717) is 0 Å². The lowest BCUT2D eigenvalue weighted by atomic mass is 10.1. The standard InChI is InChI=1S/C25H40F3N7OS/c1-5-33(6-2)11-7-8-14-37-35-12-9-20(10-13-35)31-23-29-16-21(25(26,27)28)22(32-23)19-15-30-34(17-19)18-24(3,4)36/h15-17,20,36H,5-14,18H2,1-4H3,(H,29,31,32). The summed E-state index contributed by atoms with van der Waals surface area (Å²) in [5.74, 6) is 1.28. The summed E-state index contributed by atoms with van der Waals surface area (Å²) in [6.07, 6.45) is 3.18. The number of anilines is 1. The number of aromatic nitrogens is 4. The Labute approximate surface area is 222 Å². The van der Waals surface area contributed by atoms with Crippen LogP contribution in [0.1, 0.15) is 58.9 Å². The van der Waals surface area contributed by atoms with Gasteiger partial charge in [-0.2, -0.15) is 18.3 Å². The molecule has 0 saturated carbocycles. The molecule has 1 aliphatic heterocycles. The van der Waals surface area contributed by atoms with Gasteiger partial charge in [-0.25, -0.2) is 9.97 Å². The van der Waals surface area contributed by atoms with Gasteiger partial charge in [0.1, 0.15) is 5.56 Å². The Kier molecular flexibility index (Phi) is 10.6. The van der Waals surface area contributed by atoms with E-state index < -0.39 is 17.3 Å².